The third kappa shape index (κ3) is 8.35. The summed E-state index contributed by atoms with van der Waals surface area (Å²) < 4.78 is 0. The van der Waals surface area contributed by atoms with Crippen molar-refractivity contribution in [3.05, 3.63) is 99.6 Å². The fraction of sp³-hybridized carbons (Fsp3) is 0.190. The summed E-state index contributed by atoms with van der Waals surface area (Å²) in [5.41, 5.74) is 1.18. The van der Waals surface area contributed by atoms with Gasteiger partial charge in [0, 0.05) is 5.92 Å². The Labute approximate surface area is 158 Å². The molecule has 2 saturated carbocycles. The SMILES string of the molecule is CCC[C@H](O/N=C/[C]1[CH][CH][CH][CH]1)c1ccccc1.[CH]1[CH][CH][CH][CH]1.[Fe+2]. The van der Waals surface area contributed by atoms with Gasteiger partial charge in [-0.1, -0.05) is 48.8 Å². The van der Waals surface area contributed by atoms with Crippen molar-refractivity contribution >= 4 is 6.21 Å². The maximum absolute atomic E-state index is 5.61. The molecule has 2 aliphatic carbocycles. The topological polar surface area (TPSA) is 21.6 Å². The Morgan fingerprint density at radius 2 is 1.50 bits per heavy atom. The summed E-state index contributed by atoms with van der Waals surface area (Å²) in [4.78, 5) is 5.61. The van der Waals surface area contributed by atoms with E-state index < -0.39 is 0 Å². The first-order valence-corrected chi connectivity index (χ1v) is 8.02. The molecule has 2 fully saturated rings. The van der Waals surface area contributed by atoms with Crippen molar-refractivity contribution in [3.63, 3.8) is 0 Å². The first kappa shape index (κ1) is 21.3. The second-order valence-electron chi connectivity index (χ2n) is 5.21. The molecule has 1 aromatic carbocycles. The maximum Gasteiger partial charge on any atom is 2.00 e. The van der Waals surface area contributed by atoms with Crippen molar-refractivity contribution in [1.82, 2.24) is 0 Å². The van der Waals surface area contributed by atoms with E-state index in [-0.39, 0.29) is 23.2 Å². The van der Waals surface area contributed by atoms with Crippen molar-refractivity contribution in [3.8, 4) is 0 Å². The fourth-order valence-electron chi connectivity index (χ4n) is 2.17. The van der Waals surface area contributed by atoms with Crippen molar-refractivity contribution < 1.29 is 21.9 Å². The van der Waals surface area contributed by atoms with Gasteiger partial charge in [0.2, 0.25) is 0 Å². The second kappa shape index (κ2) is 13.5. The molecule has 10 radical (unpaired) electrons. The van der Waals surface area contributed by atoms with Crippen LogP contribution in [0.4, 0.5) is 0 Å². The van der Waals surface area contributed by atoms with E-state index in [4.69, 9.17) is 4.84 Å². The van der Waals surface area contributed by atoms with Crippen LogP contribution in [0.3, 0.4) is 0 Å². The molecule has 124 valence electrons. The molecule has 3 rings (SSSR count). The zero-order chi connectivity index (χ0) is 16.2. The van der Waals surface area contributed by atoms with E-state index in [1.807, 2.05) is 76.0 Å². The predicted octanol–water partition coefficient (Wildman–Crippen LogP) is 4.95. The molecule has 0 N–H and O–H groups in total. The van der Waals surface area contributed by atoms with Gasteiger partial charge in [0.05, 0.1) is 6.21 Å². The van der Waals surface area contributed by atoms with Gasteiger partial charge in [0.1, 0.15) is 0 Å². The van der Waals surface area contributed by atoms with E-state index in [0.717, 1.165) is 18.8 Å². The number of hydrogen-bond donors (Lipinski definition) is 0. The van der Waals surface area contributed by atoms with Crippen molar-refractivity contribution in [1.29, 1.82) is 0 Å². The Kier molecular flexibility index (Phi) is 11.9. The summed E-state index contributed by atoms with van der Waals surface area (Å²) in [5, 5.41) is 4.08. The Balaban J connectivity index is 0.000000412. The van der Waals surface area contributed by atoms with Gasteiger partial charge in [0.15, 0.2) is 6.10 Å². The minimum atomic E-state index is 0. The van der Waals surface area contributed by atoms with Crippen LogP contribution in [0.15, 0.2) is 35.5 Å². The zero-order valence-electron chi connectivity index (χ0n) is 13.9. The normalized spacial score (nSPS) is 18.7. The van der Waals surface area contributed by atoms with E-state index in [0.29, 0.717) is 0 Å². The van der Waals surface area contributed by atoms with E-state index in [1.165, 1.54) is 5.56 Å². The summed E-state index contributed by atoms with van der Waals surface area (Å²) in [5.74, 6) is 1.07. The predicted molar refractivity (Wildman–Crippen MR) is 95.6 cm³/mol. The van der Waals surface area contributed by atoms with Crippen molar-refractivity contribution in [2.75, 3.05) is 0 Å². The van der Waals surface area contributed by atoms with Gasteiger partial charge in [0.25, 0.3) is 0 Å². The average Bonchev–Trinajstić information content (AvgIpc) is 3.31. The minimum Gasteiger partial charge on any atom is -0.388 e. The minimum absolute atomic E-state index is 0. The van der Waals surface area contributed by atoms with Gasteiger partial charge in [-0.15, -0.1) is 0 Å². The molecule has 24 heavy (non-hydrogen) atoms. The average molecular weight is 361 g/mol. The molecule has 0 unspecified atom stereocenters. The Morgan fingerprint density at radius 3 is 2.04 bits per heavy atom. The van der Waals surface area contributed by atoms with Gasteiger partial charge < -0.3 is 4.84 Å². The van der Waals surface area contributed by atoms with Gasteiger partial charge in [-0.2, -0.15) is 0 Å². The zero-order valence-corrected chi connectivity index (χ0v) is 15.0. The van der Waals surface area contributed by atoms with Gasteiger partial charge in [-0.25, -0.2) is 0 Å². The smallest absolute Gasteiger partial charge is 0.388 e. The standard InChI is InChI=1S/C16H18NO.C5H5.Fe/c1-2-8-16(15-11-4-3-5-12-15)18-17-13-14-9-6-7-10-14;1-2-4-5-3-1;/h3-7,9-13,16H,2,8H2,1H3;1-5H;/q;;+2/b17-13+;;/t16-;;/m0../s1. The van der Waals surface area contributed by atoms with Crippen molar-refractivity contribution in [2.24, 2.45) is 5.16 Å². The molecule has 0 aromatic heterocycles. The maximum atomic E-state index is 5.61. The van der Waals surface area contributed by atoms with Crippen LogP contribution in [0.1, 0.15) is 31.4 Å². The molecule has 0 amide bonds. The summed E-state index contributed by atoms with van der Waals surface area (Å²) in [6.07, 6.45) is 21.8. The number of benzene rings is 1. The third-order valence-electron chi connectivity index (χ3n) is 3.36. The first-order valence-electron chi connectivity index (χ1n) is 8.02. The molecule has 0 heterocycles. The third-order valence-corrected chi connectivity index (χ3v) is 3.36. The van der Waals surface area contributed by atoms with Gasteiger partial charge in [-0.3, -0.25) is 0 Å². The molecule has 1 atom stereocenters. The van der Waals surface area contributed by atoms with Crippen LogP contribution in [0, 0.1) is 63.7 Å². The van der Waals surface area contributed by atoms with Crippen LogP contribution in [0.5, 0.6) is 0 Å². The number of rotatable bonds is 6. The van der Waals surface area contributed by atoms with Crippen LogP contribution >= 0.6 is 0 Å². The van der Waals surface area contributed by atoms with Crippen molar-refractivity contribution in [2.45, 2.75) is 25.9 Å². The largest absolute Gasteiger partial charge is 2.00 e. The molecule has 3 heteroatoms. The molecule has 2 nitrogen and oxygen atoms in total. The van der Waals surface area contributed by atoms with E-state index in [9.17, 15) is 0 Å². The number of hydrogen-bond acceptors (Lipinski definition) is 2. The Hall–Kier alpha value is -0.791. The molecule has 0 aliphatic heterocycles. The summed E-state index contributed by atoms with van der Waals surface area (Å²) in [6.45, 7) is 2.15. The molecule has 0 bridgehead atoms. The Bertz CT molecular complexity index is 417. The van der Waals surface area contributed by atoms with E-state index in [2.05, 4.69) is 24.2 Å². The summed E-state index contributed by atoms with van der Waals surface area (Å²) in [6, 6.07) is 10.2. The molecule has 2 aliphatic rings. The quantitative estimate of drug-likeness (QED) is 0.399. The summed E-state index contributed by atoms with van der Waals surface area (Å²) in [7, 11) is 0. The van der Waals surface area contributed by atoms with Crippen LogP contribution in [-0.2, 0) is 21.9 Å². The Morgan fingerprint density at radius 1 is 0.917 bits per heavy atom. The molecular formula is C21H23FeNO+2. The van der Waals surface area contributed by atoms with Gasteiger partial charge in [-0.05, 0) is 69.8 Å². The molecular weight excluding hydrogens is 338 g/mol. The molecule has 0 saturated heterocycles. The van der Waals surface area contributed by atoms with E-state index >= 15 is 0 Å². The van der Waals surface area contributed by atoms with Crippen LogP contribution in [0.25, 0.3) is 0 Å². The van der Waals surface area contributed by atoms with Crippen LogP contribution < -0.4 is 0 Å². The molecule has 0 spiro atoms. The van der Waals surface area contributed by atoms with E-state index in [1.54, 1.807) is 6.21 Å². The summed E-state index contributed by atoms with van der Waals surface area (Å²) >= 11 is 0. The van der Waals surface area contributed by atoms with Crippen LogP contribution in [-0.4, -0.2) is 6.21 Å². The first-order chi connectivity index (χ1) is 11.4. The number of nitrogens with zero attached hydrogens (tertiary/aromatic N) is 1. The number of oxime groups is 1. The fourth-order valence-corrected chi connectivity index (χ4v) is 2.17. The monoisotopic (exact) mass is 361 g/mol. The van der Waals surface area contributed by atoms with Crippen LogP contribution in [0.2, 0.25) is 0 Å². The second-order valence-corrected chi connectivity index (χ2v) is 5.21. The van der Waals surface area contributed by atoms with Gasteiger partial charge >= 0.3 is 17.1 Å². The molecule has 1 aromatic rings.